The van der Waals surface area contributed by atoms with Crippen LogP contribution < -0.4 is 10.6 Å². The molecule has 0 saturated heterocycles. The molecule has 0 aliphatic rings. The molecule has 0 heterocycles. The highest BCUT2D eigenvalue weighted by molar-refractivity contribution is 5.86. The number of carbonyl (C=O) groups is 3. The van der Waals surface area contributed by atoms with E-state index < -0.39 is 12.0 Å². The van der Waals surface area contributed by atoms with Gasteiger partial charge in [-0.1, -0.05) is 72.8 Å². The molecular formula is C32H42N2O6. The molecule has 2 aromatic rings. The van der Waals surface area contributed by atoms with Crippen LogP contribution in [0.2, 0.25) is 0 Å². The third-order valence-electron chi connectivity index (χ3n) is 6.35. The highest BCUT2D eigenvalue weighted by Crippen LogP contribution is 2.20. The van der Waals surface area contributed by atoms with Gasteiger partial charge < -0.3 is 25.2 Å². The standard InChI is InChI=1S/C32H42N2O6/c1-3-5-15-28(22-25-13-8-6-9-14-25)32(38)40-24-29(26-16-10-7-11-17-26)34-31(37)27(12-4-2)23-30(36)33-18-20-39-21-19-35/h3-4,6-11,13-14,16-17,27-29,35H,1-2,5,12,15,18-24H2,(H,33,36)(H,34,37)/t27-,28+,29-/m0/s1. The lowest BCUT2D eigenvalue weighted by atomic mass is 9.95. The van der Waals surface area contributed by atoms with Crippen LogP contribution >= 0.6 is 0 Å². The highest BCUT2D eigenvalue weighted by atomic mass is 16.5. The number of allylic oxidation sites excluding steroid dienone is 2. The van der Waals surface area contributed by atoms with Gasteiger partial charge in [0.1, 0.15) is 6.61 Å². The smallest absolute Gasteiger partial charge is 0.309 e. The first-order valence-corrected chi connectivity index (χ1v) is 13.7. The van der Waals surface area contributed by atoms with E-state index >= 15 is 0 Å². The monoisotopic (exact) mass is 550 g/mol. The van der Waals surface area contributed by atoms with Gasteiger partial charge in [0.25, 0.3) is 0 Å². The van der Waals surface area contributed by atoms with Crippen molar-refractivity contribution in [3.05, 3.63) is 97.1 Å². The topological polar surface area (TPSA) is 114 Å². The second kappa shape index (κ2) is 19.3. The van der Waals surface area contributed by atoms with E-state index in [9.17, 15) is 14.4 Å². The quantitative estimate of drug-likeness (QED) is 0.131. The minimum atomic E-state index is -0.642. The van der Waals surface area contributed by atoms with Gasteiger partial charge >= 0.3 is 5.97 Å². The van der Waals surface area contributed by atoms with Gasteiger partial charge in [0.05, 0.1) is 37.7 Å². The number of ether oxygens (including phenoxy) is 2. The third kappa shape index (κ3) is 12.4. The van der Waals surface area contributed by atoms with Gasteiger partial charge in [0, 0.05) is 13.0 Å². The van der Waals surface area contributed by atoms with E-state index in [1.807, 2.05) is 60.7 Å². The van der Waals surface area contributed by atoms with Crippen LogP contribution in [0.1, 0.15) is 42.9 Å². The van der Waals surface area contributed by atoms with Crippen LogP contribution in [-0.2, 0) is 30.3 Å². The summed E-state index contributed by atoms with van der Waals surface area (Å²) in [6.45, 7) is 8.12. The Kier molecular flexibility index (Phi) is 15.7. The number of aliphatic hydroxyl groups excluding tert-OH is 1. The first-order chi connectivity index (χ1) is 19.5. The third-order valence-corrected chi connectivity index (χ3v) is 6.35. The molecule has 0 bridgehead atoms. The number of carbonyl (C=O) groups excluding carboxylic acids is 3. The molecule has 0 radical (unpaired) electrons. The van der Waals surface area contributed by atoms with Crippen LogP contribution in [0.25, 0.3) is 0 Å². The first-order valence-electron chi connectivity index (χ1n) is 13.7. The van der Waals surface area contributed by atoms with Crippen LogP contribution in [-0.4, -0.2) is 55.9 Å². The summed E-state index contributed by atoms with van der Waals surface area (Å²) in [4.78, 5) is 38.9. The number of benzene rings is 2. The molecule has 0 unspecified atom stereocenters. The lowest BCUT2D eigenvalue weighted by Gasteiger charge is -2.24. The van der Waals surface area contributed by atoms with Crippen LogP contribution in [0.4, 0.5) is 0 Å². The lowest BCUT2D eigenvalue weighted by Crippen LogP contribution is -2.39. The van der Waals surface area contributed by atoms with Gasteiger partial charge in [-0.05, 0) is 36.8 Å². The van der Waals surface area contributed by atoms with Crippen molar-refractivity contribution in [2.75, 3.05) is 33.0 Å². The van der Waals surface area contributed by atoms with E-state index in [0.717, 1.165) is 11.1 Å². The normalized spacial score (nSPS) is 12.9. The molecule has 216 valence electrons. The molecule has 40 heavy (non-hydrogen) atoms. The molecule has 0 saturated carbocycles. The van der Waals surface area contributed by atoms with Crippen molar-refractivity contribution in [3.63, 3.8) is 0 Å². The second-order valence-corrected chi connectivity index (χ2v) is 9.47. The molecule has 8 heteroatoms. The summed E-state index contributed by atoms with van der Waals surface area (Å²) in [6, 6.07) is 18.5. The van der Waals surface area contributed by atoms with E-state index in [-0.39, 0.29) is 63.1 Å². The molecule has 3 atom stereocenters. The SMILES string of the molecule is C=CCC[C@H](Cc1ccccc1)C(=O)OC[C@H](NC(=O)[C@@H](CC=C)CC(=O)NCCOCCO)c1ccccc1. The number of hydrogen-bond acceptors (Lipinski definition) is 6. The Morgan fingerprint density at radius 3 is 2.27 bits per heavy atom. The van der Waals surface area contributed by atoms with E-state index in [4.69, 9.17) is 14.6 Å². The van der Waals surface area contributed by atoms with Crippen molar-refractivity contribution in [1.82, 2.24) is 10.6 Å². The molecular weight excluding hydrogens is 508 g/mol. The average molecular weight is 551 g/mol. The molecule has 0 aromatic heterocycles. The maximum Gasteiger partial charge on any atom is 0.309 e. The minimum absolute atomic E-state index is 0.0279. The number of amides is 2. The predicted molar refractivity (Wildman–Crippen MR) is 155 cm³/mol. The predicted octanol–water partition coefficient (Wildman–Crippen LogP) is 3.92. The molecule has 0 aliphatic heterocycles. The zero-order valence-electron chi connectivity index (χ0n) is 23.1. The summed E-state index contributed by atoms with van der Waals surface area (Å²) in [5, 5.41) is 14.5. The van der Waals surface area contributed by atoms with Crippen LogP contribution in [0, 0.1) is 11.8 Å². The molecule has 0 spiro atoms. The van der Waals surface area contributed by atoms with Crippen molar-refractivity contribution < 1.29 is 29.0 Å². The Morgan fingerprint density at radius 2 is 1.62 bits per heavy atom. The lowest BCUT2D eigenvalue weighted by molar-refractivity contribution is -0.150. The van der Waals surface area contributed by atoms with Gasteiger partial charge in [-0.25, -0.2) is 0 Å². The van der Waals surface area contributed by atoms with Crippen LogP contribution in [0.3, 0.4) is 0 Å². The fraction of sp³-hybridized carbons (Fsp3) is 0.406. The molecule has 8 nitrogen and oxygen atoms in total. The van der Waals surface area contributed by atoms with Crippen molar-refractivity contribution in [2.24, 2.45) is 11.8 Å². The van der Waals surface area contributed by atoms with Gasteiger partial charge in [0.2, 0.25) is 11.8 Å². The largest absolute Gasteiger partial charge is 0.463 e. The van der Waals surface area contributed by atoms with Crippen LogP contribution in [0.15, 0.2) is 86.0 Å². The molecule has 2 amide bonds. The van der Waals surface area contributed by atoms with Crippen molar-refractivity contribution >= 4 is 17.8 Å². The summed E-state index contributed by atoms with van der Waals surface area (Å²) < 4.78 is 10.9. The maximum absolute atomic E-state index is 13.3. The summed E-state index contributed by atoms with van der Waals surface area (Å²) in [5.74, 6) is -1.93. The zero-order chi connectivity index (χ0) is 29.0. The van der Waals surface area contributed by atoms with E-state index in [1.165, 1.54) is 0 Å². The van der Waals surface area contributed by atoms with E-state index in [1.54, 1.807) is 12.2 Å². The van der Waals surface area contributed by atoms with Crippen molar-refractivity contribution in [3.8, 4) is 0 Å². The molecule has 2 aromatic carbocycles. The van der Waals surface area contributed by atoms with Crippen molar-refractivity contribution in [1.29, 1.82) is 0 Å². The zero-order valence-corrected chi connectivity index (χ0v) is 23.1. The fourth-order valence-corrected chi connectivity index (χ4v) is 4.21. The summed E-state index contributed by atoms with van der Waals surface area (Å²) >= 11 is 0. The summed E-state index contributed by atoms with van der Waals surface area (Å²) in [6.07, 6.45) is 5.52. The molecule has 0 fully saturated rings. The average Bonchev–Trinajstić information content (AvgIpc) is 2.97. The number of rotatable bonds is 20. The fourth-order valence-electron chi connectivity index (χ4n) is 4.21. The first kappa shape index (κ1) is 32.5. The van der Waals surface area contributed by atoms with Gasteiger partial charge in [-0.2, -0.15) is 0 Å². The van der Waals surface area contributed by atoms with Crippen LogP contribution in [0.5, 0.6) is 0 Å². The van der Waals surface area contributed by atoms with Gasteiger partial charge in [0.15, 0.2) is 0 Å². The number of hydrogen-bond donors (Lipinski definition) is 3. The Labute approximate surface area is 237 Å². The number of esters is 1. The Balaban J connectivity index is 2.05. The molecule has 2 rings (SSSR count). The van der Waals surface area contributed by atoms with E-state index in [0.29, 0.717) is 25.7 Å². The Morgan fingerprint density at radius 1 is 0.925 bits per heavy atom. The Hall–Kier alpha value is -3.75. The Bertz CT molecular complexity index is 1040. The molecule has 0 aliphatic carbocycles. The highest BCUT2D eigenvalue weighted by Gasteiger charge is 2.26. The minimum Gasteiger partial charge on any atom is -0.463 e. The van der Waals surface area contributed by atoms with Gasteiger partial charge in [-0.3, -0.25) is 14.4 Å². The summed E-state index contributed by atoms with van der Waals surface area (Å²) in [7, 11) is 0. The number of nitrogens with one attached hydrogen (secondary N) is 2. The van der Waals surface area contributed by atoms with E-state index in [2.05, 4.69) is 23.8 Å². The number of aliphatic hydroxyl groups is 1. The second-order valence-electron chi connectivity index (χ2n) is 9.47. The maximum atomic E-state index is 13.3. The molecule has 3 N–H and O–H groups in total. The van der Waals surface area contributed by atoms with Crippen molar-refractivity contribution in [2.45, 2.75) is 38.1 Å². The summed E-state index contributed by atoms with van der Waals surface area (Å²) in [5.41, 5.74) is 1.84. The van der Waals surface area contributed by atoms with Gasteiger partial charge in [-0.15, -0.1) is 13.2 Å².